The summed E-state index contributed by atoms with van der Waals surface area (Å²) in [5.41, 5.74) is 1.34. The molecule has 2 aromatic rings. The third kappa shape index (κ3) is 4.05. The number of halogens is 1. The lowest BCUT2D eigenvalue weighted by atomic mass is 9.99. The van der Waals surface area contributed by atoms with E-state index in [0.29, 0.717) is 17.2 Å². The molecule has 118 valence electrons. The molecule has 1 aromatic carbocycles. The van der Waals surface area contributed by atoms with Crippen LogP contribution in [0.25, 0.3) is 0 Å². The molecule has 5 heteroatoms. The van der Waals surface area contributed by atoms with Gasteiger partial charge in [0.1, 0.15) is 23.2 Å². The largest absolute Gasteiger partial charge is 0.340 e. The predicted octanol–water partition coefficient (Wildman–Crippen LogP) is 3.20. The van der Waals surface area contributed by atoms with Crippen molar-refractivity contribution in [2.45, 2.75) is 25.7 Å². The Hall–Kier alpha value is -2.45. The molecular weight excluding hydrogens is 291 g/mol. The van der Waals surface area contributed by atoms with Crippen LogP contribution in [0, 0.1) is 17.7 Å². The van der Waals surface area contributed by atoms with Gasteiger partial charge >= 0.3 is 0 Å². The summed E-state index contributed by atoms with van der Waals surface area (Å²) in [6, 6.07) is 8.12. The molecule has 1 saturated heterocycles. The molecule has 3 rings (SSSR count). The van der Waals surface area contributed by atoms with Crippen LogP contribution >= 0.6 is 0 Å². The van der Waals surface area contributed by atoms with E-state index in [1.807, 2.05) is 0 Å². The second-order valence-electron chi connectivity index (χ2n) is 5.55. The molecule has 0 spiro atoms. The van der Waals surface area contributed by atoms with Gasteiger partial charge in [-0.3, -0.25) is 0 Å². The van der Waals surface area contributed by atoms with Crippen molar-refractivity contribution in [3.8, 4) is 11.8 Å². The Morgan fingerprint density at radius 3 is 2.96 bits per heavy atom. The van der Waals surface area contributed by atoms with E-state index in [4.69, 9.17) is 0 Å². The van der Waals surface area contributed by atoms with Crippen LogP contribution in [0.3, 0.4) is 0 Å². The Labute approximate surface area is 135 Å². The molecule has 1 aliphatic heterocycles. The first-order valence-corrected chi connectivity index (χ1v) is 7.79. The summed E-state index contributed by atoms with van der Waals surface area (Å²) in [6.07, 6.45) is 2.18. The third-order valence-electron chi connectivity index (χ3n) is 3.76. The van der Waals surface area contributed by atoms with E-state index in [2.05, 4.69) is 32.4 Å². The van der Waals surface area contributed by atoms with E-state index in [-0.39, 0.29) is 11.7 Å². The lowest BCUT2D eigenvalue weighted by Crippen LogP contribution is -2.29. The topological polar surface area (TPSA) is 49.8 Å². The zero-order valence-corrected chi connectivity index (χ0v) is 13.1. The first kappa shape index (κ1) is 15.4. The minimum Gasteiger partial charge on any atom is -0.340 e. The highest BCUT2D eigenvalue weighted by Gasteiger charge is 2.19. The molecule has 0 bridgehead atoms. The number of anilines is 2. The monoisotopic (exact) mass is 310 g/mol. The van der Waals surface area contributed by atoms with E-state index in [1.54, 1.807) is 25.1 Å². The molecule has 2 N–H and O–H groups in total. The fraction of sp³-hybridized carbons (Fsp3) is 0.333. The smallest absolute Gasteiger partial charge is 0.136 e. The van der Waals surface area contributed by atoms with Gasteiger partial charge in [0.25, 0.3) is 0 Å². The maximum absolute atomic E-state index is 13.3. The summed E-state index contributed by atoms with van der Waals surface area (Å²) < 4.78 is 13.3. The highest BCUT2D eigenvalue weighted by molar-refractivity contribution is 5.57. The number of nitrogens with one attached hydrogen (secondary N) is 2. The second kappa shape index (κ2) is 7.21. The molecule has 1 unspecified atom stereocenters. The standard InChI is InChI=1S/C18H19FN4/c1-2-5-15-11-17(21-16-8-3-7-14(19)10-16)23-18(22-15)13-6-4-9-20-12-13/h3,7-8,10-11,13,20H,4,6,9,12H2,1H3,(H,21,22,23). The van der Waals surface area contributed by atoms with Gasteiger partial charge in [0.05, 0.1) is 0 Å². The summed E-state index contributed by atoms with van der Waals surface area (Å²) in [7, 11) is 0. The van der Waals surface area contributed by atoms with Gasteiger partial charge in [0, 0.05) is 24.2 Å². The van der Waals surface area contributed by atoms with Crippen LogP contribution in [0.5, 0.6) is 0 Å². The Kier molecular flexibility index (Phi) is 4.84. The van der Waals surface area contributed by atoms with E-state index in [9.17, 15) is 4.39 Å². The lowest BCUT2D eigenvalue weighted by Gasteiger charge is -2.22. The molecule has 0 amide bonds. The summed E-state index contributed by atoms with van der Waals surface area (Å²) >= 11 is 0. The number of hydrogen-bond donors (Lipinski definition) is 2. The normalized spacial score (nSPS) is 17.2. The number of nitrogens with zero attached hydrogens (tertiary/aromatic N) is 2. The van der Waals surface area contributed by atoms with Gasteiger partial charge in [-0.05, 0) is 50.4 Å². The van der Waals surface area contributed by atoms with Crippen molar-refractivity contribution in [3.05, 3.63) is 47.7 Å². The zero-order valence-electron chi connectivity index (χ0n) is 13.1. The van der Waals surface area contributed by atoms with Crippen molar-refractivity contribution in [2.24, 2.45) is 0 Å². The van der Waals surface area contributed by atoms with Gasteiger partial charge in [-0.15, -0.1) is 0 Å². The Balaban J connectivity index is 1.91. The van der Waals surface area contributed by atoms with E-state index in [0.717, 1.165) is 31.8 Å². The highest BCUT2D eigenvalue weighted by Crippen LogP contribution is 2.23. The molecule has 1 atom stereocenters. The predicted molar refractivity (Wildman–Crippen MR) is 89.1 cm³/mol. The molecule has 4 nitrogen and oxygen atoms in total. The molecule has 1 aromatic heterocycles. The van der Waals surface area contributed by atoms with Crippen molar-refractivity contribution in [1.82, 2.24) is 15.3 Å². The minimum absolute atomic E-state index is 0.283. The molecule has 23 heavy (non-hydrogen) atoms. The lowest BCUT2D eigenvalue weighted by molar-refractivity contribution is 0.446. The van der Waals surface area contributed by atoms with Crippen LogP contribution in [0.15, 0.2) is 30.3 Å². The molecule has 0 radical (unpaired) electrons. The Bertz CT molecular complexity index is 742. The van der Waals surface area contributed by atoms with Crippen LogP contribution < -0.4 is 10.6 Å². The van der Waals surface area contributed by atoms with Crippen LogP contribution in [0.1, 0.15) is 37.2 Å². The van der Waals surface area contributed by atoms with Crippen molar-refractivity contribution >= 4 is 11.5 Å². The summed E-state index contributed by atoms with van der Waals surface area (Å²) in [4.78, 5) is 9.18. The summed E-state index contributed by atoms with van der Waals surface area (Å²) in [5.74, 6) is 7.29. The third-order valence-corrected chi connectivity index (χ3v) is 3.76. The van der Waals surface area contributed by atoms with Gasteiger partial charge in [-0.2, -0.15) is 0 Å². The van der Waals surface area contributed by atoms with Crippen LogP contribution in [-0.2, 0) is 0 Å². The number of aromatic nitrogens is 2. The maximum Gasteiger partial charge on any atom is 0.136 e. The average molecular weight is 310 g/mol. The van der Waals surface area contributed by atoms with Crippen LogP contribution in [-0.4, -0.2) is 23.1 Å². The zero-order chi connectivity index (χ0) is 16.1. The Morgan fingerprint density at radius 1 is 1.30 bits per heavy atom. The summed E-state index contributed by atoms with van der Waals surface area (Å²) in [5, 5.41) is 6.52. The van der Waals surface area contributed by atoms with Crippen molar-refractivity contribution < 1.29 is 4.39 Å². The first-order valence-electron chi connectivity index (χ1n) is 7.79. The number of piperidine rings is 1. The molecule has 0 saturated carbocycles. The molecule has 1 aliphatic rings. The van der Waals surface area contributed by atoms with E-state index < -0.39 is 0 Å². The number of hydrogen-bond acceptors (Lipinski definition) is 4. The first-order chi connectivity index (χ1) is 11.2. The molecule has 1 fully saturated rings. The molecule has 2 heterocycles. The van der Waals surface area contributed by atoms with Crippen molar-refractivity contribution in [2.75, 3.05) is 18.4 Å². The van der Waals surface area contributed by atoms with Gasteiger partial charge in [0.2, 0.25) is 0 Å². The number of benzene rings is 1. The summed E-state index contributed by atoms with van der Waals surface area (Å²) in [6.45, 7) is 3.70. The van der Waals surface area contributed by atoms with Crippen LogP contribution in [0.4, 0.5) is 15.9 Å². The fourth-order valence-corrected chi connectivity index (χ4v) is 2.69. The van der Waals surface area contributed by atoms with Gasteiger partial charge in [0.15, 0.2) is 0 Å². The van der Waals surface area contributed by atoms with E-state index in [1.165, 1.54) is 12.1 Å². The van der Waals surface area contributed by atoms with Gasteiger partial charge in [-0.1, -0.05) is 12.0 Å². The average Bonchev–Trinajstić information content (AvgIpc) is 2.56. The fourth-order valence-electron chi connectivity index (χ4n) is 2.69. The van der Waals surface area contributed by atoms with Gasteiger partial charge in [-0.25, -0.2) is 14.4 Å². The Morgan fingerprint density at radius 2 is 2.22 bits per heavy atom. The number of rotatable bonds is 3. The van der Waals surface area contributed by atoms with Crippen LogP contribution in [0.2, 0.25) is 0 Å². The second-order valence-corrected chi connectivity index (χ2v) is 5.55. The highest BCUT2D eigenvalue weighted by atomic mass is 19.1. The van der Waals surface area contributed by atoms with E-state index >= 15 is 0 Å². The molecular formula is C18H19FN4. The quantitative estimate of drug-likeness (QED) is 0.855. The molecule has 0 aliphatic carbocycles. The van der Waals surface area contributed by atoms with Crippen molar-refractivity contribution in [1.29, 1.82) is 0 Å². The SMILES string of the molecule is CC#Cc1cc(Nc2cccc(F)c2)nc(C2CCCNC2)n1. The van der Waals surface area contributed by atoms with Crippen molar-refractivity contribution in [3.63, 3.8) is 0 Å². The van der Waals surface area contributed by atoms with Gasteiger partial charge < -0.3 is 10.6 Å². The minimum atomic E-state index is -0.283. The maximum atomic E-state index is 13.3.